The van der Waals surface area contributed by atoms with Gasteiger partial charge < -0.3 is 9.80 Å². The number of hydrogen-bond donors (Lipinski definition) is 0. The Kier molecular flexibility index (Phi) is 5.71. The molecule has 2 aliphatic rings. The first kappa shape index (κ1) is 18.3. The fraction of sp³-hybridized carbons (Fsp3) is 0.684. The van der Waals surface area contributed by atoms with Gasteiger partial charge in [-0.15, -0.1) is 0 Å². The Morgan fingerprint density at radius 1 is 1.24 bits per heavy atom. The highest BCUT2D eigenvalue weighted by atomic mass is 16.2. The van der Waals surface area contributed by atoms with Gasteiger partial charge in [0, 0.05) is 44.1 Å². The van der Waals surface area contributed by atoms with Crippen LogP contribution in [0.3, 0.4) is 0 Å². The van der Waals surface area contributed by atoms with E-state index >= 15 is 0 Å². The molecule has 25 heavy (non-hydrogen) atoms. The maximum atomic E-state index is 12.8. The summed E-state index contributed by atoms with van der Waals surface area (Å²) >= 11 is 0. The number of carbonyl (C=O) groups excluding carboxylic acids is 1. The molecule has 1 spiro atoms. The average Bonchev–Trinajstić information content (AvgIpc) is 2.60. The van der Waals surface area contributed by atoms with Crippen molar-refractivity contribution < 1.29 is 4.79 Å². The lowest BCUT2D eigenvalue weighted by Crippen LogP contribution is -2.65. The van der Waals surface area contributed by atoms with E-state index in [0.717, 1.165) is 57.7 Å². The van der Waals surface area contributed by atoms with E-state index in [1.807, 2.05) is 19.3 Å². The number of piperidine rings is 1. The van der Waals surface area contributed by atoms with Gasteiger partial charge in [-0.05, 0) is 58.7 Å². The molecule has 0 bridgehead atoms. The molecule has 0 atom stereocenters. The lowest BCUT2D eigenvalue weighted by molar-refractivity contribution is -0.139. The van der Waals surface area contributed by atoms with Crippen LogP contribution in [-0.4, -0.2) is 96.4 Å². The molecule has 3 heterocycles. The molecule has 2 fully saturated rings. The summed E-state index contributed by atoms with van der Waals surface area (Å²) in [6.45, 7) is 6.14. The molecular formula is C19H31N5O. The van der Waals surface area contributed by atoms with Crippen LogP contribution in [0.1, 0.15) is 18.4 Å². The van der Waals surface area contributed by atoms with Crippen molar-refractivity contribution in [1.29, 1.82) is 0 Å². The zero-order chi connectivity index (χ0) is 17.9. The quantitative estimate of drug-likeness (QED) is 0.806. The molecule has 2 aliphatic heterocycles. The molecule has 3 rings (SSSR count). The Bertz CT molecular complexity index is 570. The lowest BCUT2D eigenvalue weighted by atomic mass is 9.84. The minimum atomic E-state index is 0.169. The van der Waals surface area contributed by atoms with Gasteiger partial charge >= 0.3 is 0 Å². The Morgan fingerprint density at radius 2 is 2.00 bits per heavy atom. The molecule has 6 nitrogen and oxygen atoms in total. The predicted molar refractivity (Wildman–Crippen MR) is 99.2 cm³/mol. The molecular weight excluding hydrogens is 314 g/mol. The van der Waals surface area contributed by atoms with Crippen LogP contribution in [0.2, 0.25) is 0 Å². The van der Waals surface area contributed by atoms with Crippen LogP contribution >= 0.6 is 0 Å². The monoisotopic (exact) mass is 345 g/mol. The number of nitrogens with zero attached hydrogens (tertiary/aromatic N) is 5. The van der Waals surface area contributed by atoms with Crippen molar-refractivity contribution >= 4 is 5.91 Å². The standard InChI is InChI=1S/C19H31N5O/c1-21-9-6-19(7-10-21)16-24(12-11-23(19)3)18(25)15-22(2)14-17-5-4-8-20-13-17/h4-5,8,13H,6-7,9-12,14-16H2,1-3H3. The molecule has 0 aliphatic carbocycles. The number of likely N-dealkylation sites (tertiary alicyclic amines) is 1. The number of hydrogen-bond acceptors (Lipinski definition) is 5. The van der Waals surface area contributed by atoms with Crippen LogP contribution < -0.4 is 0 Å². The van der Waals surface area contributed by atoms with E-state index in [9.17, 15) is 4.79 Å². The number of likely N-dealkylation sites (N-methyl/N-ethyl adjacent to an activating group) is 2. The van der Waals surface area contributed by atoms with Crippen LogP contribution in [0, 0.1) is 0 Å². The zero-order valence-corrected chi connectivity index (χ0v) is 15.8. The Balaban J connectivity index is 1.56. The van der Waals surface area contributed by atoms with Crippen molar-refractivity contribution in [2.24, 2.45) is 0 Å². The summed E-state index contributed by atoms with van der Waals surface area (Å²) in [4.78, 5) is 26.0. The largest absolute Gasteiger partial charge is 0.338 e. The smallest absolute Gasteiger partial charge is 0.236 e. The highest BCUT2D eigenvalue weighted by Gasteiger charge is 2.42. The topological polar surface area (TPSA) is 42.9 Å². The molecule has 1 aromatic rings. The minimum Gasteiger partial charge on any atom is -0.338 e. The number of carbonyl (C=O) groups is 1. The molecule has 0 radical (unpaired) electrons. The van der Waals surface area contributed by atoms with Crippen LogP contribution in [0.4, 0.5) is 0 Å². The Morgan fingerprint density at radius 3 is 2.68 bits per heavy atom. The molecule has 0 unspecified atom stereocenters. The van der Waals surface area contributed by atoms with Gasteiger partial charge in [0.25, 0.3) is 0 Å². The second kappa shape index (κ2) is 7.81. The third-order valence-electron chi connectivity index (χ3n) is 5.85. The van der Waals surface area contributed by atoms with E-state index in [-0.39, 0.29) is 11.4 Å². The summed E-state index contributed by atoms with van der Waals surface area (Å²) in [5.41, 5.74) is 1.31. The molecule has 0 aromatic carbocycles. The number of aromatic nitrogens is 1. The van der Waals surface area contributed by atoms with E-state index < -0.39 is 0 Å². The molecule has 1 amide bonds. The third-order valence-corrected chi connectivity index (χ3v) is 5.85. The predicted octanol–water partition coefficient (Wildman–Crippen LogP) is 0.752. The number of pyridine rings is 1. The fourth-order valence-corrected chi connectivity index (χ4v) is 4.04. The molecule has 1 aromatic heterocycles. The van der Waals surface area contributed by atoms with Crippen LogP contribution in [0.25, 0.3) is 0 Å². The van der Waals surface area contributed by atoms with Crippen molar-refractivity contribution in [2.75, 3.05) is 60.4 Å². The van der Waals surface area contributed by atoms with Gasteiger partial charge in [0.2, 0.25) is 5.91 Å². The van der Waals surface area contributed by atoms with E-state index in [4.69, 9.17) is 0 Å². The summed E-state index contributed by atoms with van der Waals surface area (Å²) in [6.07, 6.45) is 5.94. The van der Waals surface area contributed by atoms with E-state index in [2.05, 4.69) is 44.7 Å². The molecule has 2 saturated heterocycles. The van der Waals surface area contributed by atoms with Gasteiger partial charge in [-0.3, -0.25) is 19.6 Å². The molecule has 138 valence electrons. The van der Waals surface area contributed by atoms with Gasteiger partial charge in [-0.2, -0.15) is 0 Å². The maximum Gasteiger partial charge on any atom is 0.236 e. The second-order valence-corrected chi connectivity index (χ2v) is 7.80. The molecule has 0 N–H and O–H groups in total. The van der Waals surface area contributed by atoms with Gasteiger partial charge in [0.15, 0.2) is 0 Å². The van der Waals surface area contributed by atoms with Crippen molar-refractivity contribution in [3.05, 3.63) is 30.1 Å². The second-order valence-electron chi connectivity index (χ2n) is 7.80. The van der Waals surface area contributed by atoms with Gasteiger partial charge in [0.1, 0.15) is 0 Å². The van der Waals surface area contributed by atoms with Gasteiger partial charge in [0.05, 0.1) is 6.54 Å². The summed E-state index contributed by atoms with van der Waals surface area (Å²) in [7, 11) is 6.42. The van der Waals surface area contributed by atoms with Gasteiger partial charge in [-0.25, -0.2) is 0 Å². The average molecular weight is 345 g/mol. The Hall–Kier alpha value is -1.50. The highest BCUT2D eigenvalue weighted by molar-refractivity contribution is 5.78. The fourth-order valence-electron chi connectivity index (χ4n) is 4.04. The van der Waals surface area contributed by atoms with E-state index in [1.165, 1.54) is 0 Å². The van der Waals surface area contributed by atoms with Crippen LogP contribution in [0.5, 0.6) is 0 Å². The molecule has 6 heteroatoms. The van der Waals surface area contributed by atoms with Crippen molar-refractivity contribution in [2.45, 2.75) is 24.9 Å². The van der Waals surface area contributed by atoms with E-state index in [0.29, 0.717) is 6.54 Å². The number of amides is 1. The van der Waals surface area contributed by atoms with Crippen LogP contribution in [-0.2, 0) is 11.3 Å². The first-order valence-corrected chi connectivity index (χ1v) is 9.23. The van der Waals surface area contributed by atoms with Crippen molar-refractivity contribution in [3.8, 4) is 0 Å². The third kappa shape index (κ3) is 4.37. The normalized spacial score (nSPS) is 21.8. The first-order chi connectivity index (χ1) is 12.0. The highest BCUT2D eigenvalue weighted by Crippen LogP contribution is 2.31. The lowest BCUT2D eigenvalue weighted by Gasteiger charge is -2.52. The SMILES string of the molecule is CN1CCC2(CC1)CN(C(=O)CN(C)Cc1cccnc1)CCN2C. The Labute approximate surface area is 151 Å². The van der Waals surface area contributed by atoms with Gasteiger partial charge in [-0.1, -0.05) is 6.07 Å². The van der Waals surface area contributed by atoms with Crippen molar-refractivity contribution in [3.63, 3.8) is 0 Å². The first-order valence-electron chi connectivity index (χ1n) is 9.23. The summed E-state index contributed by atoms with van der Waals surface area (Å²) in [6, 6.07) is 3.99. The summed E-state index contributed by atoms with van der Waals surface area (Å²) < 4.78 is 0. The molecule has 0 saturated carbocycles. The van der Waals surface area contributed by atoms with Crippen molar-refractivity contribution in [1.82, 2.24) is 24.6 Å². The minimum absolute atomic E-state index is 0.169. The summed E-state index contributed by atoms with van der Waals surface area (Å²) in [5, 5.41) is 0. The van der Waals surface area contributed by atoms with Crippen LogP contribution in [0.15, 0.2) is 24.5 Å². The van der Waals surface area contributed by atoms with E-state index in [1.54, 1.807) is 6.20 Å². The maximum absolute atomic E-state index is 12.8. The zero-order valence-electron chi connectivity index (χ0n) is 15.8. The number of piperazine rings is 1. The summed E-state index contributed by atoms with van der Waals surface area (Å²) in [5.74, 6) is 0.248. The number of rotatable bonds is 4.